The summed E-state index contributed by atoms with van der Waals surface area (Å²) in [5.41, 5.74) is 0.988. The fraction of sp³-hybridized carbons (Fsp3) is 0.722. The van der Waals surface area contributed by atoms with E-state index in [-0.39, 0.29) is 11.9 Å². The minimum absolute atomic E-state index is 0.126. The lowest BCUT2D eigenvalue weighted by molar-refractivity contribution is -0.140. The van der Waals surface area contributed by atoms with Crippen LogP contribution < -0.4 is 0 Å². The summed E-state index contributed by atoms with van der Waals surface area (Å²) < 4.78 is 4.76. The number of amides is 1. The minimum Gasteiger partial charge on any atom is -0.377 e. The van der Waals surface area contributed by atoms with Crippen LogP contribution in [0.3, 0.4) is 0 Å². The van der Waals surface area contributed by atoms with Crippen LogP contribution >= 0.6 is 23.2 Å². The molecule has 1 aliphatic carbocycles. The maximum Gasteiger partial charge on any atom is 0.227 e. The average molecular weight is 388 g/mol. The predicted octanol–water partition coefficient (Wildman–Crippen LogP) is 1.91. The Morgan fingerprint density at radius 2 is 2.04 bits per heavy atom. The predicted molar refractivity (Wildman–Crippen MR) is 101 cm³/mol. The third-order valence-corrected chi connectivity index (χ3v) is 5.64. The lowest BCUT2D eigenvalue weighted by Crippen LogP contribution is -2.56. The zero-order valence-corrected chi connectivity index (χ0v) is 16.3. The molecule has 3 rings (SSSR count). The Balaban J connectivity index is 1.57. The number of alkyl halides is 2. The van der Waals surface area contributed by atoms with Crippen LogP contribution in [-0.4, -0.2) is 90.5 Å². The van der Waals surface area contributed by atoms with Crippen LogP contribution in [0.1, 0.15) is 12.8 Å². The second kappa shape index (κ2) is 8.40. The Labute approximate surface area is 160 Å². The van der Waals surface area contributed by atoms with E-state index in [1.807, 2.05) is 17.1 Å². The Bertz CT molecular complexity index is 542. The van der Waals surface area contributed by atoms with E-state index in [2.05, 4.69) is 16.8 Å². The van der Waals surface area contributed by atoms with Gasteiger partial charge in [-0.3, -0.25) is 9.69 Å². The second-order valence-electron chi connectivity index (χ2n) is 7.22. The van der Waals surface area contributed by atoms with Crippen molar-refractivity contribution in [1.82, 2.24) is 14.7 Å². The van der Waals surface area contributed by atoms with Gasteiger partial charge in [-0.1, -0.05) is 40.9 Å². The summed E-state index contributed by atoms with van der Waals surface area (Å²) in [6, 6.07) is 0.126. The molecule has 0 aromatic heterocycles. The molecule has 2 fully saturated rings. The first-order valence-corrected chi connectivity index (χ1v) is 9.72. The molecule has 0 saturated carbocycles. The van der Waals surface area contributed by atoms with Crippen LogP contribution in [-0.2, 0) is 9.53 Å². The summed E-state index contributed by atoms with van der Waals surface area (Å²) in [5, 5.41) is 0. The summed E-state index contributed by atoms with van der Waals surface area (Å²) in [7, 11) is 2.15. The molecule has 7 heteroatoms. The first-order valence-electron chi connectivity index (χ1n) is 8.96. The molecular formula is C18H27Cl2N3O2. The summed E-state index contributed by atoms with van der Waals surface area (Å²) in [5.74, 6) is 0.146. The van der Waals surface area contributed by atoms with Crippen LogP contribution in [0.4, 0.5) is 0 Å². The van der Waals surface area contributed by atoms with E-state index >= 15 is 0 Å². The van der Waals surface area contributed by atoms with E-state index in [0.29, 0.717) is 32.6 Å². The van der Waals surface area contributed by atoms with Gasteiger partial charge < -0.3 is 14.5 Å². The Morgan fingerprint density at radius 1 is 1.28 bits per heavy atom. The number of ether oxygens (including phenoxy) is 1. The van der Waals surface area contributed by atoms with Gasteiger partial charge in [-0.25, -0.2) is 0 Å². The number of hydrogen-bond acceptors (Lipinski definition) is 4. The van der Waals surface area contributed by atoms with Gasteiger partial charge in [0.15, 0.2) is 0 Å². The standard InChI is InChI=1S/C18H27Cl2N3O2/c1-21-5-7-22(8-6-21)13-16-14-25-10-9-23(16)17(24)11-15-3-2-4-18(19,20)12-15/h2-4,16H,5-14H2,1H3. The fourth-order valence-electron chi connectivity index (χ4n) is 3.63. The van der Waals surface area contributed by atoms with Gasteiger partial charge in [0.1, 0.15) is 4.33 Å². The number of hydrogen-bond donors (Lipinski definition) is 0. The Hall–Kier alpha value is -0.590. The first-order chi connectivity index (χ1) is 11.9. The van der Waals surface area contributed by atoms with Crippen LogP contribution in [0.5, 0.6) is 0 Å². The van der Waals surface area contributed by atoms with Gasteiger partial charge in [-0.15, -0.1) is 0 Å². The van der Waals surface area contributed by atoms with E-state index < -0.39 is 4.33 Å². The SMILES string of the molecule is CN1CCN(CC2COCCN2C(=O)CC2=CC=CC(Cl)(Cl)C2)CC1. The van der Waals surface area contributed by atoms with Gasteiger partial charge in [0.05, 0.1) is 19.3 Å². The molecule has 0 bridgehead atoms. The molecule has 2 aliphatic heterocycles. The number of carbonyl (C=O) groups excluding carboxylic acids is 1. The number of nitrogens with zero attached hydrogens (tertiary/aromatic N) is 3. The number of allylic oxidation sites excluding steroid dienone is 3. The van der Waals surface area contributed by atoms with Crippen molar-refractivity contribution >= 4 is 29.1 Å². The molecule has 1 unspecified atom stereocenters. The Kier molecular flexibility index (Phi) is 6.44. The normalized spacial score (nSPS) is 28.0. The molecule has 25 heavy (non-hydrogen) atoms. The third kappa shape index (κ3) is 5.44. The highest BCUT2D eigenvalue weighted by Gasteiger charge is 2.31. The monoisotopic (exact) mass is 387 g/mol. The minimum atomic E-state index is -0.894. The molecule has 0 radical (unpaired) electrons. The molecule has 1 atom stereocenters. The fourth-order valence-corrected chi connectivity index (χ4v) is 4.11. The molecule has 1 amide bonds. The van der Waals surface area contributed by atoms with Gasteiger partial charge in [0, 0.05) is 52.1 Å². The van der Waals surface area contributed by atoms with E-state index in [9.17, 15) is 4.79 Å². The zero-order valence-electron chi connectivity index (χ0n) is 14.8. The summed E-state index contributed by atoms with van der Waals surface area (Å²) >= 11 is 12.4. The highest BCUT2D eigenvalue weighted by atomic mass is 35.5. The van der Waals surface area contributed by atoms with Crippen molar-refractivity contribution < 1.29 is 9.53 Å². The highest BCUT2D eigenvalue weighted by Crippen LogP contribution is 2.35. The number of likely N-dealkylation sites (N-methyl/N-ethyl adjacent to an activating group) is 1. The molecule has 140 valence electrons. The number of piperazine rings is 1. The summed E-state index contributed by atoms with van der Waals surface area (Å²) in [6.45, 7) is 7.02. The lowest BCUT2D eigenvalue weighted by Gasteiger charge is -2.41. The van der Waals surface area contributed by atoms with Gasteiger partial charge in [-0.05, 0) is 13.1 Å². The molecule has 0 aromatic rings. The number of halogens is 2. The first kappa shape index (κ1) is 19.2. The quantitative estimate of drug-likeness (QED) is 0.690. The third-order valence-electron chi connectivity index (χ3n) is 5.13. The van der Waals surface area contributed by atoms with Crippen molar-refractivity contribution in [3.05, 3.63) is 23.8 Å². The number of rotatable bonds is 4. The molecule has 3 aliphatic rings. The van der Waals surface area contributed by atoms with Crippen molar-refractivity contribution in [2.24, 2.45) is 0 Å². The van der Waals surface area contributed by atoms with Crippen LogP contribution in [0.2, 0.25) is 0 Å². The highest BCUT2D eigenvalue weighted by molar-refractivity contribution is 6.50. The van der Waals surface area contributed by atoms with Crippen molar-refractivity contribution in [2.45, 2.75) is 23.2 Å². The molecule has 5 nitrogen and oxygen atoms in total. The van der Waals surface area contributed by atoms with Crippen molar-refractivity contribution in [1.29, 1.82) is 0 Å². The average Bonchev–Trinajstić information content (AvgIpc) is 2.56. The zero-order chi connectivity index (χ0) is 17.9. The molecular weight excluding hydrogens is 361 g/mol. The van der Waals surface area contributed by atoms with E-state index in [1.54, 1.807) is 6.08 Å². The largest absolute Gasteiger partial charge is 0.377 e. The van der Waals surface area contributed by atoms with E-state index in [1.165, 1.54) is 0 Å². The number of carbonyl (C=O) groups is 1. The van der Waals surface area contributed by atoms with Crippen LogP contribution in [0, 0.1) is 0 Å². The van der Waals surface area contributed by atoms with Gasteiger partial charge in [0.25, 0.3) is 0 Å². The van der Waals surface area contributed by atoms with Crippen molar-refractivity contribution in [3.63, 3.8) is 0 Å². The maximum atomic E-state index is 12.9. The smallest absolute Gasteiger partial charge is 0.227 e. The molecule has 0 N–H and O–H groups in total. The molecule has 2 heterocycles. The lowest BCUT2D eigenvalue weighted by atomic mass is 10.00. The van der Waals surface area contributed by atoms with E-state index in [4.69, 9.17) is 27.9 Å². The number of morpholine rings is 1. The van der Waals surface area contributed by atoms with Crippen LogP contribution in [0.25, 0.3) is 0 Å². The van der Waals surface area contributed by atoms with Gasteiger partial charge >= 0.3 is 0 Å². The van der Waals surface area contributed by atoms with E-state index in [0.717, 1.165) is 38.3 Å². The molecule has 0 spiro atoms. The van der Waals surface area contributed by atoms with Crippen LogP contribution in [0.15, 0.2) is 23.8 Å². The van der Waals surface area contributed by atoms with Gasteiger partial charge in [-0.2, -0.15) is 0 Å². The second-order valence-corrected chi connectivity index (χ2v) is 8.76. The summed E-state index contributed by atoms with van der Waals surface area (Å²) in [6.07, 6.45) is 6.44. The maximum absolute atomic E-state index is 12.9. The molecule has 0 aromatic carbocycles. The van der Waals surface area contributed by atoms with Gasteiger partial charge in [0.2, 0.25) is 5.91 Å². The Morgan fingerprint density at radius 3 is 2.76 bits per heavy atom. The van der Waals surface area contributed by atoms with Crippen molar-refractivity contribution in [2.75, 3.05) is 59.5 Å². The topological polar surface area (TPSA) is 36.0 Å². The van der Waals surface area contributed by atoms with Crippen molar-refractivity contribution in [3.8, 4) is 0 Å². The molecule has 2 saturated heterocycles. The summed E-state index contributed by atoms with van der Waals surface area (Å²) in [4.78, 5) is 19.6.